The van der Waals surface area contributed by atoms with Gasteiger partial charge < -0.3 is 9.88 Å². The standard InChI is InChI=1S/C15H10BrClN6OS/c1-23-6-7(4-9(16)14(23)24)13-21-22-15(25-13)19-11-3-2-10-8(12(11)17)5-18-20-10/h2-6H,1H3,(H,18,20)(H,19,22). The van der Waals surface area contributed by atoms with Crippen LogP contribution < -0.4 is 10.9 Å². The molecule has 10 heteroatoms. The van der Waals surface area contributed by atoms with Gasteiger partial charge in [-0.25, -0.2) is 0 Å². The van der Waals surface area contributed by atoms with Gasteiger partial charge in [0.2, 0.25) is 5.13 Å². The summed E-state index contributed by atoms with van der Waals surface area (Å²) in [6.07, 6.45) is 3.40. The van der Waals surface area contributed by atoms with Crippen molar-refractivity contribution in [1.82, 2.24) is 25.0 Å². The molecule has 3 heterocycles. The van der Waals surface area contributed by atoms with Crippen LogP contribution in [0.4, 0.5) is 10.8 Å². The average Bonchev–Trinajstić information content (AvgIpc) is 3.24. The fraction of sp³-hybridized carbons (Fsp3) is 0.0667. The van der Waals surface area contributed by atoms with Crippen LogP contribution >= 0.6 is 38.9 Å². The zero-order valence-electron chi connectivity index (χ0n) is 12.7. The molecule has 25 heavy (non-hydrogen) atoms. The number of anilines is 2. The van der Waals surface area contributed by atoms with Crippen molar-refractivity contribution in [2.24, 2.45) is 7.05 Å². The van der Waals surface area contributed by atoms with E-state index >= 15 is 0 Å². The molecule has 126 valence electrons. The lowest BCUT2D eigenvalue weighted by Gasteiger charge is -2.05. The minimum absolute atomic E-state index is 0.105. The van der Waals surface area contributed by atoms with Crippen molar-refractivity contribution in [3.63, 3.8) is 0 Å². The number of aromatic nitrogens is 5. The summed E-state index contributed by atoms with van der Waals surface area (Å²) in [4.78, 5) is 11.8. The van der Waals surface area contributed by atoms with Crippen molar-refractivity contribution in [1.29, 1.82) is 0 Å². The summed E-state index contributed by atoms with van der Waals surface area (Å²) in [5, 5.41) is 21.1. The molecule has 0 amide bonds. The molecule has 0 saturated carbocycles. The van der Waals surface area contributed by atoms with Crippen LogP contribution in [0.3, 0.4) is 0 Å². The summed E-state index contributed by atoms with van der Waals surface area (Å²) >= 11 is 11.0. The highest BCUT2D eigenvalue weighted by atomic mass is 79.9. The first-order valence-corrected chi connectivity index (χ1v) is 9.10. The van der Waals surface area contributed by atoms with Gasteiger partial charge in [0.25, 0.3) is 5.56 Å². The van der Waals surface area contributed by atoms with Crippen molar-refractivity contribution in [3.05, 3.63) is 50.4 Å². The van der Waals surface area contributed by atoms with E-state index in [1.165, 1.54) is 15.9 Å². The molecule has 0 aliphatic heterocycles. The number of H-pyrrole nitrogens is 1. The van der Waals surface area contributed by atoms with E-state index in [4.69, 9.17) is 11.6 Å². The fourth-order valence-electron chi connectivity index (χ4n) is 2.37. The number of aromatic amines is 1. The summed E-state index contributed by atoms with van der Waals surface area (Å²) in [6.45, 7) is 0. The zero-order valence-corrected chi connectivity index (χ0v) is 15.9. The van der Waals surface area contributed by atoms with Gasteiger partial charge >= 0.3 is 0 Å². The van der Waals surface area contributed by atoms with E-state index in [0.717, 1.165) is 22.2 Å². The Morgan fingerprint density at radius 2 is 2.20 bits per heavy atom. The molecular weight excluding hydrogens is 428 g/mol. The smallest absolute Gasteiger partial charge is 0.264 e. The van der Waals surface area contributed by atoms with E-state index in [-0.39, 0.29) is 5.56 Å². The van der Waals surface area contributed by atoms with Gasteiger partial charge in [-0.1, -0.05) is 22.9 Å². The predicted molar refractivity (Wildman–Crippen MR) is 103 cm³/mol. The lowest BCUT2D eigenvalue weighted by Crippen LogP contribution is -2.16. The number of nitrogens with one attached hydrogen (secondary N) is 2. The molecule has 3 aromatic heterocycles. The monoisotopic (exact) mass is 436 g/mol. The van der Waals surface area contributed by atoms with Gasteiger partial charge in [0.05, 0.1) is 26.9 Å². The van der Waals surface area contributed by atoms with E-state index < -0.39 is 0 Å². The first kappa shape index (κ1) is 16.2. The summed E-state index contributed by atoms with van der Waals surface area (Å²) in [5.74, 6) is 0. The highest BCUT2D eigenvalue weighted by Crippen LogP contribution is 2.34. The summed E-state index contributed by atoms with van der Waals surface area (Å²) in [5.41, 5.74) is 2.28. The second-order valence-corrected chi connectivity index (χ2v) is 7.50. The largest absolute Gasteiger partial charge is 0.329 e. The van der Waals surface area contributed by atoms with Crippen LogP contribution in [-0.4, -0.2) is 25.0 Å². The van der Waals surface area contributed by atoms with E-state index in [1.54, 1.807) is 25.5 Å². The molecule has 0 saturated heterocycles. The SMILES string of the molecule is Cn1cc(-c2nnc(Nc3ccc4[nH]ncc4c3Cl)s2)cc(Br)c1=O. The third-order valence-corrected chi connectivity index (χ3v) is 5.47. The Hall–Kier alpha value is -2.23. The molecule has 4 rings (SSSR count). The summed E-state index contributed by atoms with van der Waals surface area (Å²) < 4.78 is 1.98. The number of fused-ring (bicyclic) bond motifs is 1. The van der Waals surface area contributed by atoms with Crippen LogP contribution in [0.25, 0.3) is 21.5 Å². The highest BCUT2D eigenvalue weighted by molar-refractivity contribution is 9.10. The molecule has 2 N–H and O–H groups in total. The van der Waals surface area contributed by atoms with E-state index in [1.807, 2.05) is 12.1 Å². The Balaban J connectivity index is 1.67. The maximum atomic E-state index is 11.8. The van der Waals surface area contributed by atoms with Crippen molar-refractivity contribution in [2.45, 2.75) is 0 Å². The van der Waals surface area contributed by atoms with Gasteiger partial charge in [-0.05, 0) is 34.1 Å². The number of halogens is 2. The van der Waals surface area contributed by atoms with Crippen LogP contribution in [0, 0.1) is 0 Å². The average molecular weight is 438 g/mol. The lowest BCUT2D eigenvalue weighted by molar-refractivity contribution is 0.854. The molecule has 7 nitrogen and oxygen atoms in total. The lowest BCUT2D eigenvalue weighted by atomic mass is 10.2. The quantitative estimate of drug-likeness (QED) is 0.507. The van der Waals surface area contributed by atoms with Crippen molar-refractivity contribution < 1.29 is 0 Å². The first-order chi connectivity index (χ1) is 12.0. The topological polar surface area (TPSA) is 88.5 Å². The van der Waals surface area contributed by atoms with Gasteiger partial charge in [0.15, 0.2) is 5.01 Å². The number of nitrogens with zero attached hydrogens (tertiary/aromatic N) is 4. The van der Waals surface area contributed by atoms with Gasteiger partial charge in [0.1, 0.15) is 0 Å². The molecular formula is C15H10BrClN6OS. The Bertz CT molecular complexity index is 1120. The van der Waals surface area contributed by atoms with Crippen molar-refractivity contribution in [3.8, 4) is 10.6 Å². The molecule has 0 fully saturated rings. The first-order valence-electron chi connectivity index (χ1n) is 7.11. The van der Waals surface area contributed by atoms with E-state index in [9.17, 15) is 4.79 Å². The number of hydrogen-bond donors (Lipinski definition) is 2. The van der Waals surface area contributed by atoms with E-state index in [2.05, 4.69) is 41.6 Å². The third-order valence-electron chi connectivity index (χ3n) is 3.61. The molecule has 0 spiro atoms. The molecule has 0 aliphatic rings. The Morgan fingerprint density at radius 3 is 3.00 bits per heavy atom. The van der Waals surface area contributed by atoms with Crippen LogP contribution in [-0.2, 0) is 7.05 Å². The van der Waals surface area contributed by atoms with Gasteiger partial charge in [-0.3, -0.25) is 9.89 Å². The minimum atomic E-state index is -0.105. The van der Waals surface area contributed by atoms with Crippen LogP contribution in [0.15, 0.2) is 39.9 Å². The van der Waals surface area contributed by atoms with E-state index in [0.29, 0.717) is 19.6 Å². The number of aryl methyl sites for hydroxylation is 1. The normalized spacial score (nSPS) is 11.2. The summed E-state index contributed by atoms with van der Waals surface area (Å²) in [6, 6.07) is 5.48. The van der Waals surface area contributed by atoms with Crippen molar-refractivity contribution in [2.75, 3.05) is 5.32 Å². The number of hydrogen-bond acceptors (Lipinski definition) is 6. The second-order valence-electron chi connectivity index (χ2n) is 5.29. The minimum Gasteiger partial charge on any atom is -0.329 e. The maximum Gasteiger partial charge on any atom is 0.264 e. The highest BCUT2D eigenvalue weighted by Gasteiger charge is 2.12. The van der Waals surface area contributed by atoms with Gasteiger partial charge in [-0.15, -0.1) is 10.2 Å². The number of benzene rings is 1. The Morgan fingerprint density at radius 1 is 1.36 bits per heavy atom. The second kappa shape index (κ2) is 6.25. The van der Waals surface area contributed by atoms with Gasteiger partial charge in [0, 0.05) is 24.2 Å². The number of pyridine rings is 1. The molecule has 0 radical (unpaired) electrons. The van der Waals surface area contributed by atoms with Crippen LogP contribution in [0.1, 0.15) is 0 Å². The predicted octanol–water partition coefficient (Wildman–Crippen LogP) is 3.94. The molecule has 0 atom stereocenters. The number of rotatable bonds is 3. The van der Waals surface area contributed by atoms with Crippen molar-refractivity contribution >= 4 is 60.6 Å². The summed E-state index contributed by atoms with van der Waals surface area (Å²) in [7, 11) is 1.69. The maximum absolute atomic E-state index is 11.8. The fourth-order valence-corrected chi connectivity index (χ4v) is 3.90. The molecule has 0 aliphatic carbocycles. The molecule has 1 aromatic carbocycles. The zero-order chi connectivity index (χ0) is 17.6. The van der Waals surface area contributed by atoms with Crippen LogP contribution in [0.2, 0.25) is 5.02 Å². The Kier molecular flexibility index (Phi) is 4.06. The Labute approximate surface area is 158 Å². The third kappa shape index (κ3) is 2.94. The van der Waals surface area contributed by atoms with Gasteiger partial charge in [-0.2, -0.15) is 5.10 Å². The van der Waals surface area contributed by atoms with Crippen LogP contribution in [0.5, 0.6) is 0 Å². The molecule has 0 bridgehead atoms. The molecule has 4 aromatic rings. The molecule has 0 unspecified atom stereocenters.